The third-order valence-electron chi connectivity index (χ3n) is 8.11. The number of carbonyl (C=O) groups is 1. The van der Waals surface area contributed by atoms with Crippen molar-refractivity contribution in [3.05, 3.63) is 30.3 Å². The molecule has 0 bridgehead atoms. The number of ether oxygens (including phenoxy) is 1. The van der Waals surface area contributed by atoms with Crippen molar-refractivity contribution in [2.24, 2.45) is 5.92 Å². The van der Waals surface area contributed by atoms with Gasteiger partial charge in [0.15, 0.2) is 0 Å². The molecule has 1 aromatic rings. The highest BCUT2D eigenvalue weighted by Gasteiger charge is 2.43. The van der Waals surface area contributed by atoms with Crippen LogP contribution in [0.25, 0.3) is 0 Å². The zero-order valence-corrected chi connectivity index (χ0v) is 18.3. The summed E-state index contributed by atoms with van der Waals surface area (Å²) in [5.74, 6) is 0.728. The van der Waals surface area contributed by atoms with Gasteiger partial charge in [0, 0.05) is 63.5 Å². The van der Waals surface area contributed by atoms with Crippen molar-refractivity contribution in [2.45, 2.75) is 63.0 Å². The van der Waals surface area contributed by atoms with Gasteiger partial charge < -0.3 is 14.5 Å². The minimum atomic E-state index is 0.00589. The second-order valence-corrected chi connectivity index (χ2v) is 9.84. The van der Waals surface area contributed by atoms with Crippen LogP contribution < -0.4 is 4.90 Å². The molecule has 5 rings (SSSR count). The van der Waals surface area contributed by atoms with Crippen LogP contribution in [0.5, 0.6) is 0 Å². The molecule has 4 aliphatic rings. The van der Waals surface area contributed by atoms with Crippen LogP contribution in [0.15, 0.2) is 30.3 Å². The number of carbonyl (C=O) groups excluding carboxylic acids is 1. The minimum absolute atomic E-state index is 0.00589. The van der Waals surface area contributed by atoms with Crippen LogP contribution in [-0.2, 0) is 9.53 Å². The summed E-state index contributed by atoms with van der Waals surface area (Å²) in [7, 11) is 0. The molecule has 0 aromatic heterocycles. The number of piperazine rings is 1. The second-order valence-electron chi connectivity index (χ2n) is 9.84. The van der Waals surface area contributed by atoms with E-state index in [1.54, 1.807) is 0 Å². The summed E-state index contributed by atoms with van der Waals surface area (Å²) in [4.78, 5) is 20.2. The van der Waals surface area contributed by atoms with Gasteiger partial charge in [-0.3, -0.25) is 9.69 Å². The first-order valence-corrected chi connectivity index (χ1v) is 12.2. The summed E-state index contributed by atoms with van der Waals surface area (Å²) in [6.45, 7) is 7.16. The van der Waals surface area contributed by atoms with Gasteiger partial charge in [0.05, 0.1) is 5.60 Å². The summed E-state index contributed by atoms with van der Waals surface area (Å²) in [6, 6.07) is 11.4. The van der Waals surface area contributed by atoms with E-state index in [0.717, 1.165) is 84.4 Å². The van der Waals surface area contributed by atoms with E-state index in [1.807, 2.05) is 0 Å². The van der Waals surface area contributed by atoms with Crippen LogP contribution in [0, 0.1) is 5.92 Å². The molecule has 1 saturated carbocycles. The van der Waals surface area contributed by atoms with Crippen LogP contribution >= 0.6 is 0 Å². The minimum Gasteiger partial charge on any atom is -0.375 e. The number of anilines is 1. The number of likely N-dealkylation sites (tertiary alicyclic amines) is 1. The molecular weight excluding hydrogens is 374 g/mol. The molecule has 3 saturated heterocycles. The van der Waals surface area contributed by atoms with Crippen molar-refractivity contribution < 1.29 is 9.53 Å². The monoisotopic (exact) mass is 411 g/mol. The molecule has 1 atom stereocenters. The predicted octanol–water partition coefficient (Wildman–Crippen LogP) is 3.54. The Morgan fingerprint density at radius 3 is 2.30 bits per heavy atom. The first-order valence-electron chi connectivity index (χ1n) is 12.2. The van der Waals surface area contributed by atoms with Crippen molar-refractivity contribution in [3.8, 4) is 0 Å². The molecule has 1 amide bonds. The summed E-state index contributed by atoms with van der Waals surface area (Å²) < 4.78 is 6.40. The third kappa shape index (κ3) is 4.24. The van der Waals surface area contributed by atoms with Gasteiger partial charge in [-0.2, -0.15) is 0 Å². The number of piperidine rings is 1. The predicted molar refractivity (Wildman–Crippen MR) is 120 cm³/mol. The van der Waals surface area contributed by atoms with Crippen LogP contribution in [-0.4, -0.2) is 73.2 Å². The maximum atomic E-state index is 12.8. The Labute approximate surface area is 181 Å². The normalized spacial score (nSPS) is 28.2. The quantitative estimate of drug-likeness (QED) is 0.762. The molecule has 4 fully saturated rings. The topological polar surface area (TPSA) is 36.0 Å². The summed E-state index contributed by atoms with van der Waals surface area (Å²) in [6.07, 6.45) is 9.01. The Morgan fingerprint density at radius 1 is 0.900 bits per heavy atom. The Kier molecular flexibility index (Phi) is 6.01. The molecular formula is C25H37N3O2. The molecule has 0 radical (unpaired) electrons. The van der Waals surface area contributed by atoms with Crippen molar-refractivity contribution in [1.82, 2.24) is 9.80 Å². The van der Waals surface area contributed by atoms with Crippen molar-refractivity contribution in [2.75, 3.05) is 50.8 Å². The van der Waals surface area contributed by atoms with E-state index in [9.17, 15) is 4.79 Å². The van der Waals surface area contributed by atoms with Gasteiger partial charge in [-0.1, -0.05) is 31.0 Å². The van der Waals surface area contributed by atoms with E-state index in [4.69, 9.17) is 4.74 Å². The molecule has 5 heteroatoms. The van der Waals surface area contributed by atoms with Crippen LogP contribution in [0.2, 0.25) is 0 Å². The van der Waals surface area contributed by atoms with E-state index >= 15 is 0 Å². The standard InChI is InChI=1S/C25H37N3O2/c29-24(21-6-4-5-7-21)28-13-11-25(12-14-28)20-23(10-19-30-25)27-17-15-26(16-18-27)22-8-2-1-3-9-22/h1-3,8-9,21,23H,4-7,10-20H2/t23-/m1/s1. The highest BCUT2D eigenvalue weighted by molar-refractivity contribution is 5.79. The highest BCUT2D eigenvalue weighted by atomic mass is 16.5. The molecule has 164 valence electrons. The Hall–Kier alpha value is -1.59. The molecule has 3 heterocycles. The Morgan fingerprint density at radius 2 is 1.60 bits per heavy atom. The summed E-state index contributed by atoms with van der Waals surface area (Å²) in [5.41, 5.74) is 1.35. The van der Waals surface area contributed by atoms with Gasteiger partial charge in [0.25, 0.3) is 0 Å². The zero-order chi connectivity index (χ0) is 20.4. The molecule has 0 unspecified atom stereocenters. The zero-order valence-electron chi connectivity index (χ0n) is 18.3. The van der Waals surface area contributed by atoms with Gasteiger partial charge in [0.2, 0.25) is 5.91 Å². The average molecular weight is 412 g/mol. The maximum Gasteiger partial charge on any atom is 0.225 e. The van der Waals surface area contributed by atoms with Gasteiger partial charge >= 0.3 is 0 Å². The lowest BCUT2D eigenvalue weighted by Gasteiger charge is -2.50. The van der Waals surface area contributed by atoms with Crippen LogP contribution in [0.4, 0.5) is 5.69 Å². The molecule has 3 aliphatic heterocycles. The fraction of sp³-hybridized carbons (Fsp3) is 0.720. The van der Waals surface area contributed by atoms with Crippen molar-refractivity contribution >= 4 is 11.6 Å². The van der Waals surface area contributed by atoms with Crippen LogP contribution in [0.1, 0.15) is 51.4 Å². The lowest BCUT2D eigenvalue weighted by Crippen LogP contribution is -2.57. The van der Waals surface area contributed by atoms with E-state index < -0.39 is 0 Å². The number of rotatable bonds is 3. The van der Waals surface area contributed by atoms with Crippen molar-refractivity contribution in [1.29, 1.82) is 0 Å². The molecule has 1 spiro atoms. The van der Waals surface area contributed by atoms with Gasteiger partial charge in [-0.15, -0.1) is 0 Å². The molecule has 0 N–H and O–H groups in total. The third-order valence-corrected chi connectivity index (χ3v) is 8.11. The fourth-order valence-corrected chi connectivity index (χ4v) is 6.21. The number of para-hydroxylation sites is 1. The smallest absolute Gasteiger partial charge is 0.225 e. The van der Waals surface area contributed by atoms with E-state index in [-0.39, 0.29) is 5.60 Å². The van der Waals surface area contributed by atoms with Gasteiger partial charge in [-0.25, -0.2) is 0 Å². The summed E-state index contributed by atoms with van der Waals surface area (Å²) in [5, 5.41) is 0. The highest BCUT2D eigenvalue weighted by Crippen LogP contribution is 2.38. The number of hydrogen-bond acceptors (Lipinski definition) is 4. The lowest BCUT2D eigenvalue weighted by molar-refractivity contribution is -0.152. The van der Waals surface area contributed by atoms with Crippen LogP contribution in [0.3, 0.4) is 0 Å². The molecule has 1 aliphatic carbocycles. The number of amides is 1. The fourth-order valence-electron chi connectivity index (χ4n) is 6.21. The first-order chi connectivity index (χ1) is 14.7. The van der Waals surface area contributed by atoms with Gasteiger partial charge in [-0.05, 0) is 50.7 Å². The van der Waals surface area contributed by atoms with E-state index in [1.165, 1.54) is 18.5 Å². The SMILES string of the molecule is O=C(C1CCCC1)N1CCC2(CC1)C[C@H](N1CCN(c3ccccc3)CC1)CCO2. The van der Waals surface area contributed by atoms with Crippen molar-refractivity contribution in [3.63, 3.8) is 0 Å². The maximum absolute atomic E-state index is 12.8. The molecule has 30 heavy (non-hydrogen) atoms. The Bertz CT molecular complexity index is 702. The second kappa shape index (κ2) is 8.88. The van der Waals surface area contributed by atoms with E-state index in [0.29, 0.717) is 17.9 Å². The van der Waals surface area contributed by atoms with Gasteiger partial charge in [0.1, 0.15) is 0 Å². The molecule has 1 aromatic carbocycles. The molecule has 5 nitrogen and oxygen atoms in total. The van der Waals surface area contributed by atoms with E-state index in [2.05, 4.69) is 45.0 Å². The number of hydrogen-bond donors (Lipinski definition) is 0. The number of nitrogens with zero attached hydrogens (tertiary/aromatic N) is 3. The number of benzene rings is 1. The largest absolute Gasteiger partial charge is 0.375 e. The summed E-state index contributed by atoms with van der Waals surface area (Å²) >= 11 is 0. The first kappa shape index (κ1) is 20.3. The lowest BCUT2D eigenvalue weighted by atomic mass is 9.81. The Balaban J connectivity index is 1.14. The average Bonchev–Trinajstić information content (AvgIpc) is 3.35.